The van der Waals surface area contributed by atoms with Gasteiger partial charge in [-0.15, -0.1) is 0 Å². The molecule has 2 heterocycles. The zero-order valence-electron chi connectivity index (χ0n) is 15.7. The largest absolute Gasteiger partial charge is 0.351 e. The number of amides is 4. The van der Waals surface area contributed by atoms with Crippen LogP contribution in [0.4, 0.5) is 4.79 Å². The summed E-state index contributed by atoms with van der Waals surface area (Å²) in [5, 5.41) is 5.32. The third-order valence-corrected chi connectivity index (χ3v) is 7.62. The molecule has 0 bridgehead atoms. The molecule has 0 radical (unpaired) electrons. The molecule has 4 amide bonds. The monoisotopic (exact) mass is 405 g/mol. The number of fused-ring (bicyclic) bond motifs is 1. The molecule has 2 atom stereocenters. The summed E-state index contributed by atoms with van der Waals surface area (Å²) in [4.78, 5) is 38.6. The molecule has 0 aromatic heterocycles. The molecule has 2 saturated heterocycles. The van der Waals surface area contributed by atoms with E-state index in [0.717, 1.165) is 24.2 Å². The first-order valence-electron chi connectivity index (χ1n) is 9.44. The SMILES string of the molecule is C[C@]1(c2ccc3c(c2)CCC3)NC(=O)N(CC(=O)N[C@H]2CCS(=O)(=O)C2)C1=O. The van der Waals surface area contributed by atoms with Crippen molar-refractivity contribution in [1.82, 2.24) is 15.5 Å². The number of urea groups is 1. The molecule has 1 aromatic carbocycles. The Bertz CT molecular complexity index is 974. The first-order chi connectivity index (χ1) is 13.2. The van der Waals surface area contributed by atoms with Gasteiger partial charge in [0.25, 0.3) is 5.91 Å². The van der Waals surface area contributed by atoms with E-state index in [1.165, 1.54) is 11.1 Å². The van der Waals surface area contributed by atoms with E-state index >= 15 is 0 Å². The minimum absolute atomic E-state index is 0.0392. The number of sulfone groups is 1. The Morgan fingerprint density at radius 2 is 2.04 bits per heavy atom. The first kappa shape index (κ1) is 18.9. The minimum Gasteiger partial charge on any atom is -0.351 e. The number of nitrogens with one attached hydrogen (secondary N) is 2. The number of hydrogen-bond donors (Lipinski definition) is 2. The molecule has 9 heteroatoms. The number of carbonyl (C=O) groups is 3. The fourth-order valence-corrected chi connectivity index (χ4v) is 5.92. The van der Waals surface area contributed by atoms with E-state index in [4.69, 9.17) is 0 Å². The second-order valence-electron chi connectivity index (χ2n) is 7.95. The smallest absolute Gasteiger partial charge is 0.325 e. The summed E-state index contributed by atoms with van der Waals surface area (Å²) < 4.78 is 23.0. The molecule has 1 aliphatic carbocycles. The maximum Gasteiger partial charge on any atom is 0.325 e. The van der Waals surface area contributed by atoms with Gasteiger partial charge in [0.2, 0.25) is 5.91 Å². The van der Waals surface area contributed by atoms with E-state index in [9.17, 15) is 22.8 Å². The lowest BCUT2D eigenvalue weighted by Gasteiger charge is -2.23. The van der Waals surface area contributed by atoms with Gasteiger partial charge >= 0.3 is 6.03 Å². The highest BCUT2D eigenvalue weighted by Gasteiger charge is 2.49. The van der Waals surface area contributed by atoms with Crippen molar-refractivity contribution in [1.29, 1.82) is 0 Å². The van der Waals surface area contributed by atoms with Crippen LogP contribution in [0.3, 0.4) is 0 Å². The predicted octanol–water partition coefficient (Wildman–Crippen LogP) is 0.246. The summed E-state index contributed by atoms with van der Waals surface area (Å²) in [7, 11) is -3.12. The van der Waals surface area contributed by atoms with Crippen LogP contribution < -0.4 is 10.6 Å². The third kappa shape index (κ3) is 3.28. The molecule has 8 nitrogen and oxygen atoms in total. The van der Waals surface area contributed by atoms with E-state index in [2.05, 4.69) is 10.6 Å². The fourth-order valence-electron chi connectivity index (χ4n) is 4.24. The van der Waals surface area contributed by atoms with Gasteiger partial charge in [-0.25, -0.2) is 13.2 Å². The van der Waals surface area contributed by atoms with Crippen molar-refractivity contribution in [2.45, 2.75) is 44.2 Å². The number of aryl methyl sites for hydroxylation is 2. The average molecular weight is 405 g/mol. The van der Waals surface area contributed by atoms with Crippen LogP contribution in [0.25, 0.3) is 0 Å². The van der Waals surface area contributed by atoms with Gasteiger partial charge < -0.3 is 10.6 Å². The van der Waals surface area contributed by atoms with Crippen LogP contribution in [-0.2, 0) is 37.8 Å². The van der Waals surface area contributed by atoms with E-state index in [1.807, 2.05) is 18.2 Å². The van der Waals surface area contributed by atoms with E-state index in [1.54, 1.807) is 6.92 Å². The fraction of sp³-hybridized carbons (Fsp3) is 0.526. The van der Waals surface area contributed by atoms with Crippen LogP contribution in [0.1, 0.15) is 36.5 Å². The molecule has 4 rings (SSSR count). The number of benzene rings is 1. The number of carbonyl (C=O) groups excluding carboxylic acids is 3. The Labute approximate surface area is 163 Å². The maximum absolute atomic E-state index is 13.0. The highest BCUT2D eigenvalue weighted by Crippen LogP contribution is 2.32. The number of hydrogen-bond acceptors (Lipinski definition) is 5. The standard InChI is InChI=1S/C19H23N3O5S/c1-19(14-6-5-12-3-2-4-13(12)9-14)17(24)22(18(25)21-19)10-16(23)20-15-7-8-28(26,27)11-15/h5-6,9,15H,2-4,7-8,10-11H2,1H3,(H,20,23)(H,21,25)/t15-,19+/m0/s1. The van der Waals surface area contributed by atoms with Crippen molar-refractivity contribution in [2.75, 3.05) is 18.1 Å². The van der Waals surface area contributed by atoms with Crippen molar-refractivity contribution < 1.29 is 22.8 Å². The lowest BCUT2D eigenvalue weighted by molar-refractivity contribution is -0.135. The van der Waals surface area contributed by atoms with E-state index < -0.39 is 45.8 Å². The van der Waals surface area contributed by atoms with Gasteiger partial charge in [-0.1, -0.05) is 18.2 Å². The quantitative estimate of drug-likeness (QED) is 0.697. The summed E-state index contributed by atoms with van der Waals surface area (Å²) in [6.07, 6.45) is 3.41. The molecule has 2 aliphatic heterocycles. The van der Waals surface area contributed by atoms with Gasteiger partial charge in [-0.2, -0.15) is 0 Å². The summed E-state index contributed by atoms with van der Waals surface area (Å²) in [5.74, 6) is -1.09. The van der Waals surface area contributed by atoms with Gasteiger partial charge in [0, 0.05) is 6.04 Å². The average Bonchev–Trinajstić information content (AvgIpc) is 3.28. The normalized spacial score (nSPS) is 28.3. The number of imide groups is 1. The lowest BCUT2D eigenvalue weighted by atomic mass is 9.89. The van der Waals surface area contributed by atoms with Crippen LogP contribution in [0.2, 0.25) is 0 Å². The van der Waals surface area contributed by atoms with Gasteiger partial charge in [0.1, 0.15) is 12.1 Å². The highest BCUT2D eigenvalue weighted by atomic mass is 32.2. The molecule has 1 aromatic rings. The van der Waals surface area contributed by atoms with Crippen LogP contribution in [0.5, 0.6) is 0 Å². The molecule has 0 saturated carbocycles. The Hall–Kier alpha value is -2.42. The van der Waals surface area contributed by atoms with E-state index in [-0.39, 0.29) is 11.5 Å². The molecule has 0 spiro atoms. The Balaban J connectivity index is 1.47. The molecule has 3 aliphatic rings. The summed E-state index contributed by atoms with van der Waals surface area (Å²) in [6.45, 7) is 1.22. The molecule has 2 fully saturated rings. The summed E-state index contributed by atoms with van der Waals surface area (Å²) >= 11 is 0. The summed E-state index contributed by atoms with van der Waals surface area (Å²) in [6, 6.07) is 4.73. The van der Waals surface area contributed by atoms with Crippen molar-refractivity contribution >= 4 is 27.7 Å². The molecule has 2 N–H and O–H groups in total. The highest BCUT2D eigenvalue weighted by molar-refractivity contribution is 7.91. The van der Waals surface area contributed by atoms with Crippen molar-refractivity contribution in [3.8, 4) is 0 Å². The van der Waals surface area contributed by atoms with Gasteiger partial charge in [0.05, 0.1) is 11.5 Å². The first-order valence-corrected chi connectivity index (χ1v) is 11.3. The van der Waals surface area contributed by atoms with Crippen molar-refractivity contribution in [3.63, 3.8) is 0 Å². The second kappa shape index (κ2) is 6.58. The Morgan fingerprint density at radius 1 is 1.29 bits per heavy atom. The lowest BCUT2D eigenvalue weighted by Crippen LogP contribution is -2.45. The summed E-state index contributed by atoms with van der Waals surface area (Å²) in [5.41, 5.74) is 1.95. The van der Waals surface area contributed by atoms with Crippen molar-refractivity contribution in [3.05, 3.63) is 34.9 Å². The number of rotatable bonds is 4. The van der Waals surface area contributed by atoms with Crippen molar-refractivity contribution in [2.24, 2.45) is 0 Å². The van der Waals surface area contributed by atoms with Gasteiger partial charge in [-0.05, 0) is 49.3 Å². The minimum atomic E-state index is -3.12. The van der Waals surface area contributed by atoms with Crippen LogP contribution in [-0.4, -0.2) is 55.3 Å². The van der Waals surface area contributed by atoms with Crippen LogP contribution >= 0.6 is 0 Å². The predicted molar refractivity (Wildman–Crippen MR) is 101 cm³/mol. The molecular weight excluding hydrogens is 382 g/mol. The molecule has 150 valence electrons. The van der Waals surface area contributed by atoms with Gasteiger partial charge in [-0.3, -0.25) is 14.5 Å². The zero-order valence-corrected chi connectivity index (χ0v) is 16.5. The molecule has 0 unspecified atom stereocenters. The topological polar surface area (TPSA) is 113 Å². The Kier molecular flexibility index (Phi) is 4.45. The third-order valence-electron chi connectivity index (χ3n) is 5.85. The molecule has 28 heavy (non-hydrogen) atoms. The maximum atomic E-state index is 13.0. The molecular formula is C19H23N3O5S. The van der Waals surface area contributed by atoms with Crippen LogP contribution in [0.15, 0.2) is 18.2 Å². The zero-order chi connectivity index (χ0) is 20.1. The second-order valence-corrected chi connectivity index (χ2v) is 10.2. The van der Waals surface area contributed by atoms with Crippen LogP contribution in [0, 0.1) is 0 Å². The van der Waals surface area contributed by atoms with Gasteiger partial charge in [0.15, 0.2) is 9.84 Å². The number of nitrogens with zero attached hydrogens (tertiary/aromatic N) is 1. The Morgan fingerprint density at radius 3 is 2.75 bits per heavy atom. The van der Waals surface area contributed by atoms with E-state index in [0.29, 0.717) is 12.0 Å².